The van der Waals surface area contributed by atoms with E-state index in [-0.39, 0.29) is 53.2 Å². The van der Waals surface area contributed by atoms with Gasteiger partial charge in [-0.15, -0.1) is 0 Å². The van der Waals surface area contributed by atoms with Gasteiger partial charge in [0.25, 0.3) is 5.91 Å². The summed E-state index contributed by atoms with van der Waals surface area (Å²) in [5, 5.41) is 4.14. The molecule has 4 atom stereocenters. The molecule has 9 heteroatoms. The molecule has 2 amide bonds. The van der Waals surface area contributed by atoms with Crippen molar-refractivity contribution in [2.24, 2.45) is 5.92 Å². The molecule has 0 saturated carbocycles. The summed E-state index contributed by atoms with van der Waals surface area (Å²) >= 11 is 0. The number of nitrogens with zero attached hydrogens (tertiary/aromatic N) is 4. The van der Waals surface area contributed by atoms with Gasteiger partial charge in [-0.05, 0) is 98.4 Å². The zero-order valence-electron chi connectivity index (χ0n) is 26.4. The van der Waals surface area contributed by atoms with Gasteiger partial charge in [0.2, 0.25) is 5.91 Å². The minimum Gasteiger partial charge on any atom is -0.339 e. The molecule has 2 aliphatic rings. The van der Waals surface area contributed by atoms with E-state index in [1.54, 1.807) is 23.4 Å². The SMILES string of the molecule is Cc1c(C(=O)C2CCN(C(=O)[C@@H]3CC[C@@H](C)N3)[C@@H](C)C2)c2ccncc2n1-c1ccc(F)cc1C(=O)N(C(C)C)C(C)C. The predicted molar refractivity (Wildman–Crippen MR) is 166 cm³/mol. The molecule has 4 heterocycles. The van der Waals surface area contributed by atoms with Crippen LogP contribution < -0.4 is 5.32 Å². The van der Waals surface area contributed by atoms with Crippen LogP contribution in [0.25, 0.3) is 16.6 Å². The van der Waals surface area contributed by atoms with Gasteiger partial charge in [0.05, 0.1) is 29.0 Å². The molecule has 0 radical (unpaired) electrons. The number of rotatable bonds is 7. The van der Waals surface area contributed by atoms with Gasteiger partial charge in [0.1, 0.15) is 5.82 Å². The molecule has 8 nitrogen and oxygen atoms in total. The molecule has 2 aliphatic heterocycles. The molecule has 2 aromatic heterocycles. The van der Waals surface area contributed by atoms with E-state index in [9.17, 15) is 18.8 Å². The summed E-state index contributed by atoms with van der Waals surface area (Å²) in [6, 6.07) is 6.05. The normalized spacial score (nSPS) is 22.5. The van der Waals surface area contributed by atoms with Crippen LogP contribution in [0.15, 0.2) is 36.7 Å². The van der Waals surface area contributed by atoms with Gasteiger partial charge in [-0.25, -0.2) is 4.39 Å². The second kappa shape index (κ2) is 12.2. The fraction of sp³-hybridized carbons (Fsp3) is 0.529. The molecule has 1 unspecified atom stereocenters. The molecule has 0 bridgehead atoms. The van der Waals surface area contributed by atoms with Crippen LogP contribution in [0.4, 0.5) is 4.39 Å². The van der Waals surface area contributed by atoms with Crippen molar-refractivity contribution in [2.45, 2.75) is 104 Å². The zero-order valence-corrected chi connectivity index (χ0v) is 26.4. The zero-order chi connectivity index (χ0) is 31.2. The number of hydrogen-bond acceptors (Lipinski definition) is 5. The molecule has 1 aromatic carbocycles. The number of carbonyl (C=O) groups is 3. The highest BCUT2D eigenvalue weighted by Gasteiger charge is 2.38. The van der Waals surface area contributed by atoms with Crippen molar-refractivity contribution in [2.75, 3.05) is 6.54 Å². The largest absolute Gasteiger partial charge is 0.339 e. The summed E-state index contributed by atoms with van der Waals surface area (Å²) in [5.74, 6) is -0.853. The molecule has 230 valence electrons. The number of likely N-dealkylation sites (tertiary alicyclic amines) is 1. The quantitative estimate of drug-likeness (QED) is 0.358. The van der Waals surface area contributed by atoms with Crippen LogP contribution in [-0.2, 0) is 4.79 Å². The molecule has 5 rings (SSSR count). The number of pyridine rings is 1. The van der Waals surface area contributed by atoms with Gasteiger partial charge in [0, 0.05) is 59.5 Å². The third-order valence-corrected chi connectivity index (χ3v) is 9.23. The lowest BCUT2D eigenvalue weighted by Gasteiger charge is -2.38. The topological polar surface area (TPSA) is 87.5 Å². The Morgan fingerprint density at radius 3 is 2.40 bits per heavy atom. The highest BCUT2D eigenvalue weighted by molar-refractivity contribution is 6.11. The minimum absolute atomic E-state index is 0.0278. The van der Waals surface area contributed by atoms with Crippen molar-refractivity contribution in [3.05, 3.63) is 59.3 Å². The number of piperidine rings is 1. The van der Waals surface area contributed by atoms with E-state index in [0.29, 0.717) is 47.9 Å². The maximum Gasteiger partial charge on any atom is 0.256 e. The highest BCUT2D eigenvalue weighted by atomic mass is 19.1. The number of ketones is 1. The molecule has 3 aromatic rings. The van der Waals surface area contributed by atoms with Crippen molar-refractivity contribution in [1.82, 2.24) is 24.7 Å². The molecule has 1 N–H and O–H groups in total. The van der Waals surface area contributed by atoms with E-state index >= 15 is 0 Å². The number of carbonyl (C=O) groups excluding carboxylic acids is 3. The first-order chi connectivity index (χ1) is 20.4. The second-order valence-corrected chi connectivity index (χ2v) is 12.9. The molecular formula is C34H44FN5O3. The average molecular weight is 590 g/mol. The van der Waals surface area contributed by atoms with Crippen LogP contribution in [0.3, 0.4) is 0 Å². The smallest absolute Gasteiger partial charge is 0.256 e. The molecule has 2 saturated heterocycles. The number of nitrogens with one attached hydrogen (secondary N) is 1. The number of hydrogen-bond donors (Lipinski definition) is 1. The monoisotopic (exact) mass is 589 g/mol. The van der Waals surface area contributed by atoms with E-state index < -0.39 is 5.82 Å². The van der Waals surface area contributed by atoms with E-state index in [2.05, 4.69) is 17.2 Å². The van der Waals surface area contributed by atoms with Gasteiger partial charge >= 0.3 is 0 Å². The summed E-state index contributed by atoms with van der Waals surface area (Å²) in [6.07, 6.45) is 6.37. The predicted octanol–water partition coefficient (Wildman–Crippen LogP) is 5.68. The summed E-state index contributed by atoms with van der Waals surface area (Å²) in [5.41, 5.74) is 2.71. The maximum atomic E-state index is 14.6. The third-order valence-electron chi connectivity index (χ3n) is 9.23. The number of benzene rings is 1. The molecule has 0 spiro atoms. The summed E-state index contributed by atoms with van der Waals surface area (Å²) in [6.45, 7) is 14.3. The van der Waals surface area contributed by atoms with Crippen molar-refractivity contribution in [3.63, 3.8) is 0 Å². The first kappa shape index (κ1) is 30.9. The van der Waals surface area contributed by atoms with Crippen molar-refractivity contribution >= 4 is 28.5 Å². The van der Waals surface area contributed by atoms with Gasteiger partial charge in [-0.3, -0.25) is 19.4 Å². The van der Waals surface area contributed by atoms with E-state index in [1.165, 1.54) is 12.1 Å². The Kier molecular flexibility index (Phi) is 8.75. The first-order valence-corrected chi connectivity index (χ1v) is 15.6. The summed E-state index contributed by atoms with van der Waals surface area (Å²) in [4.78, 5) is 49.4. The molecule has 43 heavy (non-hydrogen) atoms. The van der Waals surface area contributed by atoms with Crippen molar-refractivity contribution < 1.29 is 18.8 Å². The van der Waals surface area contributed by atoms with Gasteiger partial charge in [-0.2, -0.15) is 0 Å². The number of amides is 2. The van der Waals surface area contributed by atoms with Crippen molar-refractivity contribution in [3.8, 4) is 5.69 Å². The molecular weight excluding hydrogens is 545 g/mol. The van der Waals surface area contributed by atoms with Crippen molar-refractivity contribution in [1.29, 1.82) is 0 Å². The van der Waals surface area contributed by atoms with Crippen LogP contribution in [0.5, 0.6) is 0 Å². The van der Waals surface area contributed by atoms with E-state index in [1.807, 2.05) is 57.1 Å². The summed E-state index contributed by atoms with van der Waals surface area (Å²) in [7, 11) is 0. The van der Waals surface area contributed by atoms with Crippen LogP contribution in [-0.4, -0.2) is 73.7 Å². The Morgan fingerprint density at radius 1 is 1.05 bits per heavy atom. The highest BCUT2D eigenvalue weighted by Crippen LogP contribution is 2.35. The lowest BCUT2D eigenvalue weighted by atomic mass is 9.84. The van der Waals surface area contributed by atoms with E-state index in [4.69, 9.17) is 0 Å². The Bertz CT molecular complexity index is 1540. The van der Waals surface area contributed by atoms with Crippen LogP contribution in [0, 0.1) is 18.7 Å². The van der Waals surface area contributed by atoms with E-state index in [0.717, 1.165) is 18.2 Å². The number of fused-ring (bicyclic) bond motifs is 1. The fourth-order valence-electron chi connectivity index (χ4n) is 7.23. The minimum atomic E-state index is -0.499. The Morgan fingerprint density at radius 2 is 1.77 bits per heavy atom. The summed E-state index contributed by atoms with van der Waals surface area (Å²) < 4.78 is 16.5. The fourth-order valence-corrected chi connectivity index (χ4v) is 7.23. The van der Waals surface area contributed by atoms with Crippen LogP contribution in [0.1, 0.15) is 93.6 Å². The second-order valence-electron chi connectivity index (χ2n) is 12.9. The Labute approximate surface area is 253 Å². The Balaban J connectivity index is 1.51. The van der Waals surface area contributed by atoms with Gasteiger partial charge in [-0.1, -0.05) is 0 Å². The maximum absolute atomic E-state index is 14.6. The lowest BCUT2D eigenvalue weighted by Crippen LogP contribution is -2.52. The standard InChI is InChI=1S/C34H44FN5O3/c1-19(2)39(20(3)4)33(42)27-17-25(35)9-11-29(27)40-23(7)31(26-12-14-36-18-30(26)40)32(41)24-13-15-38(22(6)16-24)34(43)28-10-8-21(5)37-28/h9,11-12,14,17-22,24,28,37H,8,10,13,15-16H2,1-7H3/t21-,22+,24?,28+/m1/s1. The number of halogens is 1. The Hall–Kier alpha value is -3.59. The van der Waals surface area contributed by atoms with Gasteiger partial charge < -0.3 is 19.7 Å². The number of Topliss-reactive ketones (excluding diaryl/α,β-unsaturated/α-hetero) is 1. The third kappa shape index (κ3) is 5.71. The van der Waals surface area contributed by atoms with Gasteiger partial charge in [0.15, 0.2) is 5.78 Å². The van der Waals surface area contributed by atoms with Crippen LogP contribution >= 0.6 is 0 Å². The lowest BCUT2D eigenvalue weighted by molar-refractivity contribution is -0.136. The molecule has 0 aliphatic carbocycles. The van der Waals surface area contributed by atoms with Crippen LogP contribution in [0.2, 0.25) is 0 Å². The molecule has 2 fully saturated rings. The first-order valence-electron chi connectivity index (χ1n) is 15.6. The number of aromatic nitrogens is 2. The average Bonchev–Trinajstić information content (AvgIpc) is 3.52.